The molecule has 0 unspecified atom stereocenters. The monoisotopic (exact) mass is 441 g/mol. The van der Waals surface area contributed by atoms with Gasteiger partial charge in [0.15, 0.2) is 0 Å². The molecule has 1 aliphatic carbocycles. The lowest BCUT2D eigenvalue weighted by atomic mass is 10.1. The standard InChI is InChI=1S/C19H18F3N3O4S/c20-19(21,22)13-6-4-12(5-7-13)18(27)23-11-17(26)24-15-2-1-3-16(10-15)30(28,29)25-14-8-9-14/h1-7,10,14,25H,8-9,11H2,(H,23,27)(H,24,26). The number of hydrogen-bond donors (Lipinski definition) is 3. The maximum atomic E-state index is 12.6. The summed E-state index contributed by atoms with van der Waals surface area (Å²) in [7, 11) is -3.68. The number of nitrogens with one attached hydrogen (secondary N) is 3. The number of benzene rings is 2. The lowest BCUT2D eigenvalue weighted by Crippen LogP contribution is -2.33. The van der Waals surface area contributed by atoms with Crippen molar-refractivity contribution < 1.29 is 31.2 Å². The van der Waals surface area contributed by atoms with Gasteiger partial charge >= 0.3 is 6.18 Å². The van der Waals surface area contributed by atoms with Gasteiger partial charge in [-0.3, -0.25) is 9.59 Å². The minimum Gasteiger partial charge on any atom is -0.343 e. The summed E-state index contributed by atoms with van der Waals surface area (Å²) in [6.45, 7) is -0.447. The number of amides is 2. The van der Waals surface area contributed by atoms with E-state index >= 15 is 0 Å². The molecular weight excluding hydrogens is 423 g/mol. The first kappa shape index (κ1) is 21.8. The van der Waals surface area contributed by atoms with Crippen molar-refractivity contribution in [3.8, 4) is 0 Å². The van der Waals surface area contributed by atoms with Crippen LogP contribution in [0.2, 0.25) is 0 Å². The molecule has 0 heterocycles. The molecular formula is C19H18F3N3O4S. The van der Waals surface area contributed by atoms with Crippen molar-refractivity contribution in [1.29, 1.82) is 0 Å². The predicted molar refractivity (Wildman–Crippen MR) is 102 cm³/mol. The molecule has 1 fully saturated rings. The molecule has 3 rings (SSSR count). The van der Waals surface area contributed by atoms with Crippen LogP contribution in [0, 0.1) is 0 Å². The molecule has 2 amide bonds. The third kappa shape index (κ3) is 5.80. The van der Waals surface area contributed by atoms with Crippen LogP contribution in [0.5, 0.6) is 0 Å². The van der Waals surface area contributed by atoms with E-state index in [9.17, 15) is 31.2 Å². The number of anilines is 1. The number of halogens is 3. The van der Waals surface area contributed by atoms with E-state index in [0.717, 1.165) is 37.1 Å². The molecule has 2 aromatic carbocycles. The van der Waals surface area contributed by atoms with Gasteiger partial charge in [0.1, 0.15) is 0 Å². The highest BCUT2D eigenvalue weighted by atomic mass is 32.2. The van der Waals surface area contributed by atoms with Crippen molar-refractivity contribution in [2.24, 2.45) is 0 Å². The Morgan fingerprint density at radius 2 is 1.70 bits per heavy atom. The van der Waals surface area contributed by atoms with E-state index in [2.05, 4.69) is 15.4 Å². The third-order valence-corrected chi connectivity index (χ3v) is 5.73. The van der Waals surface area contributed by atoms with Crippen LogP contribution in [0.15, 0.2) is 53.4 Å². The Bertz CT molecular complexity index is 1050. The van der Waals surface area contributed by atoms with Crippen molar-refractivity contribution >= 4 is 27.5 Å². The van der Waals surface area contributed by atoms with E-state index in [1.807, 2.05) is 0 Å². The smallest absolute Gasteiger partial charge is 0.343 e. The van der Waals surface area contributed by atoms with Gasteiger partial charge in [-0.15, -0.1) is 0 Å². The summed E-state index contributed by atoms with van der Waals surface area (Å²) in [6.07, 6.45) is -2.94. The predicted octanol–water partition coefficient (Wildman–Crippen LogP) is 2.51. The number of carbonyl (C=O) groups excluding carboxylic acids is 2. The summed E-state index contributed by atoms with van der Waals surface area (Å²) in [5.41, 5.74) is -0.694. The third-order valence-electron chi connectivity index (χ3n) is 4.21. The molecule has 0 bridgehead atoms. The average Bonchev–Trinajstić information content (AvgIpc) is 3.49. The summed E-state index contributed by atoms with van der Waals surface area (Å²) < 4.78 is 64.6. The number of rotatable bonds is 7. The fraction of sp³-hybridized carbons (Fsp3) is 0.263. The zero-order chi connectivity index (χ0) is 21.9. The van der Waals surface area contributed by atoms with Gasteiger partial charge in [-0.05, 0) is 55.3 Å². The molecule has 1 saturated carbocycles. The maximum absolute atomic E-state index is 12.6. The van der Waals surface area contributed by atoms with Crippen molar-refractivity contribution in [3.05, 3.63) is 59.7 Å². The summed E-state index contributed by atoms with van der Waals surface area (Å²) in [5, 5.41) is 4.76. The largest absolute Gasteiger partial charge is 0.416 e. The molecule has 30 heavy (non-hydrogen) atoms. The summed E-state index contributed by atoms with van der Waals surface area (Å²) in [6, 6.07) is 9.16. The van der Waals surface area contributed by atoms with E-state index in [1.165, 1.54) is 24.3 Å². The minimum absolute atomic E-state index is 0.000917. The van der Waals surface area contributed by atoms with E-state index < -0.39 is 40.1 Å². The molecule has 11 heteroatoms. The molecule has 0 aliphatic heterocycles. The van der Waals surface area contributed by atoms with Crippen LogP contribution in [-0.2, 0) is 21.0 Å². The zero-order valence-electron chi connectivity index (χ0n) is 15.5. The van der Waals surface area contributed by atoms with E-state index in [-0.39, 0.29) is 22.2 Å². The van der Waals surface area contributed by atoms with Crippen LogP contribution in [0.3, 0.4) is 0 Å². The van der Waals surface area contributed by atoms with Crippen molar-refractivity contribution in [3.63, 3.8) is 0 Å². The fourth-order valence-corrected chi connectivity index (χ4v) is 3.86. The van der Waals surface area contributed by atoms with Crippen LogP contribution in [0.4, 0.5) is 18.9 Å². The number of sulfonamides is 1. The van der Waals surface area contributed by atoms with Gasteiger partial charge in [-0.25, -0.2) is 13.1 Å². The number of hydrogen-bond acceptors (Lipinski definition) is 4. The Morgan fingerprint density at radius 1 is 1.03 bits per heavy atom. The number of alkyl halides is 3. The van der Waals surface area contributed by atoms with Gasteiger partial charge in [0, 0.05) is 17.3 Å². The van der Waals surface area contributed by atoms with Crippen molar-refractivity contribution in [1.82, 2.24) is 10.0 Å². The Kier molecular flexibility index (Phi) is 6.13. The lowest BCUT2D eigenvalue weighted by molar-refractivity contribution is -0.137. The Labute approximate surface area is 170 Å². The van der Waals surface area contributed by atoms with Crippen molar-refractivity contribution in [2.45, 2.75) is 30.0 Å². The average molecular weight is 441 g/mol. The second kappa shape index (κ2) is 8.44. The van der Waals surface area contributed by atoms with E-state index in [0.29, 0.717) is 0 Å². The summed E-state index contributed by atoms with van der Waals surface area (Å²) >= 11 is 0. The van der Waals surface area contributed by atoms with Crippen LogP contribution in [0.1, 0.15) is 28.8 Å². The fourth-order valence-electron chi connectivity index (χ4n) is 2.51. The molecule has 0 aromatic heterocycles. The summed E-state index contributed by atoms with van der Waals surface area (Å²) in [5.74, 6) is -1.34. The lowest BCUT2D eigenvalue weighted by Gasteiger charge is -2.10. The van der Waals surface area contributed by atoms with Gasteiger partial charge < -0.3 is 10.6 Å². The van der Waals surface area contributed by atoms with Gasteiger partial charge in [0.2, 0.25) is 15.9 Å². The highest BCUT2D eigenvalue weighted by Crippen LogP contribution is 2.29. The maximum Gasteiger partial charge on any atom is 0.416 e. The van der Waals surface area contributed by atoms with Gasteiger partial charge in [-0.2, -0.15) is 13.2 Å². The normalized spacial score (nSPS) is 14.2. The summed E-state index contributed by atoms with van der Waals surface area (Å²) in [4.78, 5) is 24.0. The van der Waals surface area contributed by atoms with Crippen molar-refractivity contribution in [2.75, 3.05) is 11.9 Å². The molecule has 3 N–H and O–H groups in total. The molecule has 160 valence electrons. The highest BCUT2D eigenvalue weighted by molar-refractivity contribution is 7.89. The molecule has 2 aromatic rings. The quantitative estimate of drug-likeness (QED) is 0.614. The first-order chi connectivity index (χ1) is 14.0. The van der Waals surface area contributed by atoms with E-state index in [4.69, 9.17) is 0 Å². The Morgan fingerprint density at radius 3 is 2.30 bits per heavy atom. The number of carbonyl (C=O) groups is 2. The van der Waals surface area contributed by atoms with Crippen LogP contribution in [-0.4, -0.2) is 32.8 Å². The molecule has 0 atom stereocenters. The second-order valence-electron chi connectivity index (χ2n) is 6.73. The highest BCUT2D eigenvalue weighted by Gasteiger charge is 2.30. The zero-order valence-corrected chi connectivity index (χ0v) is 16.3. The van der Waals surface area contributed by atoms with Crippen LogP contribution in [0.25, 0.3) is 0 Å². The Hall–Kier alpha value is -2.92. The first-order valence-corrected chi connectivity index (χ1v) is 10.4. The second-order valence-corrected chi connectivity index (χ2v) is 8.44. The molecule has 7 nitrogen and oxygen atoms in total. The topological polar surface area (TPSA) is 104 Å². The molecule has 0 saturated heterocycles. The minimum atomic E-state index is -4.51. The molecule has 0 spiro atoms. The SMILES string of the molecule is O=C(CNC(=O)c1ccc(C(F)(F)F)cc1)Nc1cccc(S(=O)(=O)NC2CC2)c1. The van der Waals surface area contributed by atoms with Crippen LogP contribution >= 0.6 is 0 Å². The Balaban J connectivity index is 1.55. The first-order valence-electron chi connectivity index (χ1n) is 8.92. The van der Waals surface area contributed by atoms with E-state index in [1.54, 1.807) is 0 Å². The molecule has 0 radical (unpaired) electrons. The molecule has 1 aliphatic rings. The van der Waals surface area contributed by atoms with Gasteiger partial charge in [-0.1, -0.05) is 6.07 Å². The van der Waals surface area contributed by atoms with Crippen LogP contribution < -0.4 is 15.4 Å². The van der Waals surface area contributed by atoms with Gasteiger partial charge in [0.25, 0.3) is 5.91 Å². The van der Waals surface area contributed by atoms with Gasteiger partial charge in [0.05, 0.1) is 17.0 Å².